The van der Waals surface area contributed by atoms with E-state index in [4.69, 9.17) is 10.00 Å². The van der Waals surface area contributed by atoms with E-state index in [2.05, 4.69) is 11.1 Å². The molecular weight excluding hydrogens is 224 g/mol. The van der Waals surface area contributed by atoms with E-state index in [1.165, 1.54) is 0 Å². The van der Waals surface area contributed by atoms with E-state index >= 15 is 0 Å². The maximum Gasteiger partial charge on any atom is 0.145 e. The summed E-state index contributed by atoms with van der Waals surface area (Å²) >= 11 is 0. The highest BCUT2D eigenvalue weighted by molar-refractivity contribution is 5.80. The quantitative estimate of drug-likeness (QED) is 0.732. The summed E-state index contributed by atoms with van der Waals surface area (Å²) in [7, 11) is 0. The molecule has 0 spiro atoms. The van der Waals surface area contributed by atoms with Gasteiger partial charge >= 0.3 is 0 Å². The zero-order valence-corrected chi connectivity index (χ0v) is 9.55. The molecule has 0 unspecified atom stereocenters. The largest absolute Gasteiger partial charge is 0.456 e. The van der Waals surface area contributed by atoms with Crippen LogP contribution in [0.3, 0.4) is 0 Å². The number of hydrogen-bond donors (Lipinski definition) is 1. The van der Waals surface area contributed by atoms with Crippen LogP contribution in [0.5, 0.6) is 11.5 Å². The molecule has 3 nitrogen and oxygen atoms in total. The highest BCUT2D eigenvalue weighted by Gasteiger charge is 2.04. The molecule has 0 aliphatic heterocycles. The molecule has 2 aromatic carbocycles. The smallest absolute Gasteiger partial charge is 0.145 e. The van der Waals surface area contributed by atoms with Crippen LogP contribution in [0.25, 0.3) is 10.9 Å². The van der Waals surface area contributed by atoms with Crippen LogP contribution in [0.4, 0.5) is 0 Å². The van der Waals surface area contributed by atoms with Crippen molar-refractivity contribution in [1.82, 2.24) is 4.98 Å². The first-order valence-corrected chi connectivity index (χ1v) is 5.61. The molecule has 0 saturated heterocycles. The molecule has 0 fully saturated rings. The topological polar surface area (TPSA) is 48.8 Å². The number of benzene rings is 2. The standard InChI is InChI=1S/C15H10N2O/c16-10-12-3-1-2-4-15(12)18-13-5-6-14-11(9-13)7-8-17-14/h1-9,17H. The maximum absolute atomic E-state index is 9.00. The molecule has 3 heteroatoms. The Morgan fingerprint density at radius 3 is 2.83 bits per heavy atom. The van der Waals surface area contributed by atoms with E-state index in [9.17, 15) is 0 Å². The lowest BCUT2D eigenvalue weighted by molar-refractivity contribution is 0.482. The zero-order chi connectivity index (χ0) is 12.4. The summed E-state index contributed by atoms with van der Waals surface area (Å²) in [5, 5.41) is 10.1. The van der Waals surface area contributed by atoms with Gasteiger partial charge in [0.15, 0.2) is 0 Å². The van der Waals surface area contributed by atoms with Crippen LogP contribution >= 0.6 is 0 Å². The molecule has 0 amide bonds. The van der Waals surface area contributed by atoms with Crippen molar-refractivity contribution in [2.75, 3.05) is 0 Å². The highest BCUT2D eigenvalue weighted by Crippen LogP contribution is 2.27. The fraction of sp³-hybridized carbons (Fsp3) is 0. The minimum Gasteiger partial charge on any atom is -0.456 e. The molecule has 1 heterocycles. The normalized spacial score (nSPS) is 10.2. The summed E-state index contributed by atoms with van der Waals surface area (Å²) in [6, 6.07) is 17.1. The highest BCUT2D eigenvalue weighted by atomic mass is 16.5. The third-order valence-corrected chi connectivity index (χ3v) is 2.76. The average Bonchev–Trinajstić information content (AvgIpc) is 2.87. The van der Waals surface area contributed by atoms with Gasteiger partial charge in [0.25, 0.3) is 0 Å². The first-order valence-electron chi connectivity index (χ1n) is 5.61. The Bertz CT molecular complexity index is 737. The van der Waals surface area contributed by atoms with Crippen molar-refractivity contribution in [2.24, 2.45) is 0 Å². The molecule has 0 saturated carbocycles. The molecule has 0 atom stereocenters. The summed E-state index contributed by atoms with van der Waals surface area (Å²) < 4.78 is 5.74. The maximum atomic E-state index is 9.00. The number of nitrogens with zero attached hydrogens (tertiary/aromatic N) is 1. The minimum absolute atomic E-state index is 0.534. The van der Waals surface area contributed by atoms with Gasteiger partial charge in [0.05, 0.1) is 5.56 Å². The van der Waals surface area contributed by atoms with Crippen molar-refractivity contribution in [1.29, 1.82) is 5.26 Å². The molecule has 3 rings (SSSR count). The third-order valence-electron chi connectivity index (χ3n) is 2.76. The van der Waals surface area contributed by atoms with Gasteiger partial charge in [-0.05, 0) is 36.4 Å². The van der Waals surface area contributed by atoms with Gasteiger partial charge in [0, 0.05) is 17.1 Å². The lowest BCUT2D eigenvalue weighted by Crippen LogP contribution is -1.87. The summed E-state index contributed by atoms with van der Waals surface area (Å²) in [4.78, 5) is 3.13. The average molecular weight is 234 g/mol. The molecule has 0 radical (unpaired) electrons. The summed E-state index contributed by atoms with van der Waals surface area (Å²) in [5.74, 6) is 1.31. The molecule has 0 aliphatic carbocycles. The van der Waals surface area contributed by atoms with Crippen molar-refractivity contribution in [3.8, 4) is 17.6 Å². The number of H-pyrrole nitrogens is 1. The van der Waals surface area contributed by atoms with Crippen molar-refractivity contribution >= 4 is 10.9 Å². The molecule has 18 heavy (non-hydrogen) atoms. The summed E-state index contributed by atoms with van der Waals surface area (Å²) in [6.07, 6.45) is 1.89. The molecule has 0 bridgehead atoms. The van der Waals surface area contributed by atoms with Gasteiger partial charge in [-0.15, -0.1) is 0 Å². The number of aromatic amines is 1. The van der Waals surface area contributed by atoms with Gasteiger partial charge in [-0.2, -0.15) is 5.26 Å². The molecule has 1 N–H and O–H groups in total. The Kier molecular flexibility index (Phi) is 2.47. The van der Waals surface area contributed by atoms with Crippen molar-refractivity contribution in [3.05, 3.63) is 60.3 Å². The fourth-order valence-electron chi connectivity index (χ4n) is 1.87. The first kappa shape index (κ1) is 10.4. The Balaban J connectivity index is 1.98. The van der Waals surface area contributed by atoms with E-state index in [0.717, 1.165) is 16.7 Å². The van der Waals surface area contributed by atoms with Gasteiger partial charge in [-0.3, -0.25) is 0 Å². The summed E-state index contributed by atoms with van der Waals surface area (Å²) in [5.41, 5.74) is 1.60. The van der Waals surface area contributed by atoms with E-state index in [0.29, 0.717) is 11.3 Å². The van der Waals surface area contributed by atoms with Crippen LogP contribution in [-0.4, -0.2) is 4.98 Å². The monoisotopic (exact) mass is 234 g/mol. The van der Waals surface area contributed by atoms with Gasteiger partial charge in [-0.25, -0.2) is 0 Å². The Morgan fingerprint density at radius 2 is 1.94 bits per heavy atom. The second-order valence-corrected chi connectivity index (χ2v) is 3.94. The zero-order valence-electron chi connectivity index (χ0n) is 9.55. The number of nitrogens with one attached hydrogen (secondary N) is 1. The van der Waals surface area contributed by atoms with Crippen molar-refractivity contribution in [2.45, 2.75) is 0 Å². The fourth-order valence-corrected chi connectivity index (χ4v) is 1.87. The number of ether oxygens (including phenoxy) is 1. The predicted octanol–water partition coefficient (Wildman–Crippen LogP) is 3.83. The van der Waals surface area contributed by atoms with Crippen LogP contribution in [-0.2, 0) is 0 Å². The number of nitriles is 1. The first-order chi connectivity index (χ1) is 8.86. The van der Waals surface area contributed by atoms with Crippen molar-refractivity contribution in [3.63, 3.8) is 0 Å². The van der Waals surface area contributed by atoms with Gasteiger partial charge in [0.2, 0.25) is 0 Å². The van der Waals surface area contributed by atoms with E-state index in [1.807, 2.05) is 42.6 Å². The predicted molar refractivity (Wildman–Crippen MR) is 69.5 cm³/mol. The number of aromatic nitrogens is 1. The SMILES string of the molecule is N#Cc1ccccc1Oc1ccc2[nH]ccc2c1. The second-order valence-electron chi connectivity index (χ2n) is 3.94. The van der Waals surface area contributed by atoms with Gasteiger partial charge < -0.3 is 9.72 Å². The van der Waals surface area contributed by atoms with Crippen LogP contribution in [0.15, 0.2) is 54.7 Å². The number of para-hydroxylation sites is 1. The van der Waals surface area contributed by atoms with Crippen LogP contribution in [0, 0.1) is 11.3 Å². The van der Waals surface area contributed by atoms with E-state index in [-0.39, 0.29) is 0 Å². The van der Waals surface area contributed by atoms with Crippen LogP contribution in [0.2, 0.25) is 0 Å². The van der Waals surface area contributed by atoms with E-state index in [1.54, 1.807) is 12.1 Å². The molecular formula is C15H10N2O. The minimum atomic E-state index is 0.534. The molecule has 1 aromatic heterocycles. The number of hydrogen-bond acceptors (Lipinski definition) is 2. The van der Waals surface area contributed by atoms with Gasteiger partial charge in [0.1, 0.15) is 17.6 Å². The van der Waals surface area contributed by atoms with Crippen LogP contribution in [0.1, 0.15) is 5.56 Å². The lowest BCUT2D eigenvalue weighted by atomic mass is 10.2. The van der Waals surface area contributed by atoms with Crippen LogP contribution < -0.4 is 4.74 Å². The number of fused-ring (bicyclic) bond motifs is 1. The molecule has 0 aliphatic rings. The third kappa shape index (κ3) is 1.80. The number of rotatable bonds is 2. The molecule has 3 aromatic rings. The Morgan fingerprint density at radius 1 is 1.06 bits per heavy atom. The molecule has 86 valence electrons. The Labute approximate surface area is 104 Å². The van der Waals surface area contributed by atoms with Crippen molar-refractivity contribution < 1.29 is 4.74 Å². The van der Waals surface area contributed by atoms with Gasteiger partial charge in [-0.1, -0.05) is 12.1 Å². The lowest BCUT2D eigenvalue weighted by Gasteiger charge is -2.07. The Hall–Kier alpha value is -2.73. The second kappa shape index (κ2) is 4.27. The summed E-state index contributed by atoms with van der Waals surface area (Å²) in [6.45, 7) is 0. The van der Waals surface area contributed by atoms with E-state index < -0.39 is 0 Å².